The molecule has 1 saturated heterocycles. The van der Waals surface area contributed by atoms with Crippen molar-refractivity contribution in [3.63, 3.8) is 0 Å². The van der Waals surface area contributed by atoms with Crippen LogP contribution in [0.25, 0.3) is 11.1 Å². The predicted octanol–water partition coefficient (Wildman–Crippen LogP) is 3.71. The van der Waals surface area contributed by atoms with Gasteiger partial charge in [-0.25, -0.2) is 4.39 Å². The average molecular weight is 353 g/mol. The number of hydrogen-bond donors (Lipinski definition) is 2. The van der Waals surface area contributed by atoms with Crippen molar-refractivity contribution in [2.24, 2.45) is 11.7 Å². The van der Waals surface area contributed by atoms with Crippen molar-refractivity contribution in [3.8, 4) is 11.1 Å². The van der Waals surface area contributed by atoms with Gasteiger partial charge in [0.1, 0.15) is 6.17 Å². The third-order valence-corrected chi connectivity index (χ3v) is 5.18. The van der Waals surface area contributed by atoms with Crippen LogP contribution in [0.15, 0.2) is 42.5 Å². The molecule has 5 heteroatoms. The van der Waals surface area contributed by atoms with Gasteiger partial charge in [-0.15, -0.1) is 0 Å². The van der Waals surface area contributed by atoms with Crippen molar-refractivity contribution in [3.05, 3.63) is 48.0 Å². The molecule has 3 N–H and O–H groups in total. The smallest absolute Gasteiger partial charge is 0.227 e. The molecule has 0 unspecified atom stereocenters. The molecule has 0 aromatic heterocycles. The molecule has 26 heavy (non-hydrogen) atoms. The van der Waals surface area contributed by atoms with Crippen LogP contribution in [0.2, 0.25) is 0 Å². The van der Waals surface area contributed by atoms with E-state index in [1.807, 2.05) is 36.4 Å². The number of alkyl halides is 1. The van der Waals surface area contributed by atoms with Crippen LogP contribution in [0.1, 0.15) is 24.8 Å². The number of nitrogens with one attached hydrogen (secondary N) is 1. The second-order valence-electron chi connectivity index (χ2n) is 7.22. The second-order valence-corrected chi connectivity index (χ2v) is 7.22. The van der Waals surface area contributed by atoms with Gasteiger partial charge in [-0.1, -0.05) is 18.2 Å². The van der Waals surface area contributed by atoms with Gasteiger partial charge in [-0.3, -0.25) is 4.79 Å². The largest absolute Gasteiger partial charge is 0.368 e. The minimum absolute atomic E-state index is 0.106. The number of nitrogens with two attached hydrogens (primary N) is 1. The third-order valence-electron chi connectivity index (χ3n) is 5.18. The summed E-state index contributed by atoms with van der Waals surface area (Å²) in [5.74, 6) is 0.288. The van der Waals surface area contributed by atoms with Gasteiger partial charge in [-0.2, -0.15) is 0 Å². The minimum Gasteiger partial charge on any atom is -0.368 e. The lowest BCUT2D eigenvalue weighted by Gasteiger charge is -2.21. The summed E-state index contributed by atoms with van der Waals surface area (Å²) in [4.78, 5) is 14.0. The number of anilines is 2. The Morgan fingerprint density at radius 1 is 1.15 bits per heavy atom. The summed E-state index contributed by atoms with van der Waals surface area (Å²) >= 11 is 0. The molecular weight excluding hydrogens is 329 g/mol. The molecule has 2 fully saturated rings. The van der Waals surface area contributed by atoms with Crippen molar-refractivity contribution in [2.75, 3.05) is 23.3 Å². The molecule has 1 atom stereocenters. The first-order chi connectivity index (χ1) is 12.6. The van der Waals surface area contributed by atoms with Gasteiger partial charge in [-0.05, 0) is 60.2 Å². The molecule has 136 valence electrons. The molecule has 0 bridgehead atoms. The third kappa shape index (κ3) is 3.58. The SMILES string of the molecule is NCc1cc(-c2cccc(NC(=O)C3CC3)c2)ccc1N1CC[C@H](F)C1. The first-order valence-corrected chi connectivity index (χ1v) is 9.27. The highest BCUT2D eigenvalue weighted by atomic mass is 19.1. The van der Waals surface area contributed by atoms with Gasteiger partial charge in [0.15, 0.2) is 0 Å². The molecule has 1 amide bonds. The number of amides is 1. The van der Waals surface area contributed by atoms with E-state index in [0.717, 1.165) is 47.5 Å². The van der Waals surface area contributed by atoms with Crippen molar-refractivity contribution >= 4 is 17.3 Å². The van der Waals surface area contributed by atoms with E-state index in [1.165, 1.54) is 0 Å². The van der Waals surface area contributed by atoms with E-state index in [2.05, 4.69) is 16.3 Å². The molecule has 1 aliphatic heterocycles. The minimum atomic E-state index is -0.757. The number of carbonyl (C=O) groups is 1. The van der Waals surface area contributed by atoms with Crippen LogP contribution >= 0.6 is 0 Å². The van der Waals surface area contributed by atoms with Crippen LogP contribution in [0, 0.1) is 5.92 Å². The van der Waals surface area contributed by atoms with Gasteiger partial charge in [0.2, 0.25) is 5.91 Å². The zero-order valence-corrected chi connectivity index (χ0v) is 14.7. The van der Waals surface area contributed by atoms with E-state index in [1.54, 1.807) is 0 Å². The van der Waals surface area contributed by atoms with E-state index in [-0.39, 0.29) is 11.8 Å². The maximum Gasteiger partial charge on any atom is 0.227 e. The summed E-state index contributed by atoms with van der Waals surface area (Å²) in [6.45, 7) is 1.58. The fraction of sp³-hybridized carbons (Fsp3) is 0.381. The predicted molar refractivity (Wildman–Crippen MR) is 103 cm³/mol. The van der Waals surface area contributed by atoms with Gasteiger partial charge in [0.25, 0.3) is 0 Å². The zero-order valence-electron chi connectivity index (χ0n) is 14.7. The van der Waals surface area contributed by atoms with E-state index in [9.17, 15) is 9.18 Å². The summed E-state index contributed by atoms with van der Waals surface area (Å²) in [5, 5.41) is 2.99. The van der Waals surface area contributed by atoms with Crippen LogP contribution < -0.4 is 16.0 Å². The second kappa shape index (κ2) is 7.08. The van der Waals surface area contributed by atoms with Crippen LogP contribution in [0.5, 0.6) is 0 Å². The average Bonchev–Trinajstić information content (AvgIpc) is 3.43. The standard InChI is InChI=1S/C21H24FN3O/c22-18-8-9-25(13-18)20-7-6-16(10-17(20)12-23)15-2-1-3-19(11-15)24-21(26)14-4-5-14/h1-3,6-7,10-11,14,18H,4-5,8-9,12-13,23H2,(H,24,26)/t18-/m0/s1. The van der Waals surface area contributed by atoms with Crippen molar-refractivity contribution < 1.29 is 9.18 Å². The van der Waals surface area contributed by atoms with Gasteiger partial charge in [0.05, 0.1) is 0 Å². The van der Waals surface area contributed by atoms with E-state index < -0.39 is 6.17 Å². The maximum absolute atomic E-state index is 13.5. The number of halogens is 1. The molecule has 4 rings (SSSR count). The van der Waals surface area contributed by atoms with Crippen molar-refractivity contribution in [1.82, 2.24) is 0 Å². The van der Waals surface area contributed by atoms with Crippen molar-refractivity contribution in [2.45, 2.75) is 32.0 Å². The number of benzene rings is 2. The molecule has 1 heterocycles. The Balaban J connectivity index is 1.58. The quantitative estimate of drug-likeness (QED) is 0.861. The Kier molecular flexibility index (Phi) is 4.64. The number of carbonyl (C=O) groups excluding carboxylic acids is 1. The Labute approximate surface area is 153 Å². The fourth-order valence-corrected chi connectivity index (χ4v) is 3.54. The first-order valence-electron chi connectivity index (χ1n) is 9.27. The monoisotopic (exact) mass is 353 g/mol. The molecule has 1 saturated carbocycles. The van der Waals surface area contributed by atoms with Crippen LogP contribution in [0.4, 0.5) is 15.8 Å². The lowest BCUT2D eigenvalue weighted by molar-refractivity contribution is -0.117. The van der Waals surface area contributed by atoms with E-state index in [0.29, 0.717) is 19.5 Å². The first kappa shape index (κ1) is 17.0. The highest BCUT2D eigenvalue weighted by Crippen LogP contribution is 2.33. The van der Waals surface area contributed by atoms with E-state index in [4.69, 9.17) is 5.73 Å². The lowest BCUT2D eigenvalue weighted by Crippen LogP contribution is -2.22. The number of nitrogens with zero attached hydrogens (tertiary/aromatic N) is 1. The number of rotatable bonds is 5. The van der Waals surface area contributed by atoms with E-state index >= 15 is 0 Å². The van der Waals surface area contributed by atoms with Crippen LogP contribution in [-0.4, -0.2) is 25.2 Å². The zero-order chi connectivity index (χ0) is 18.1. The molecule has 0 spiro atoms. The number of hydrogen-bond acceptors (Lipinski definition) is 3. The highest BCUT2D eigenvalue weighted by molar-refractivity contribution is 5.94. The maximum atomic E-state index is 13.5. The normalized spacial score (nSPS) is 19.6. The molecule has 4 nitrogen and oxygen atoms in total. The summed E-state index contributed by atoms with van der Waals surface area (Å²) in [7, 11) is 0. The molecule has 1 aliphatic carbocycles. The highest BCUT2D eigenvalue weighted by Gasteiger charge is 2.29. The Bertz CT molecular complexity index is 819. The Morgan fingerprint density at radius 2 is 1.96 bits per heavy atom. The van der Waals surface area contributed by atoms with Crippen LogP contribution in [-0.2, 0) is 11.3 Å². The van der Waals surface area contributed by atoms with Gasteiger partial charge < -0.3 is 16.0 Å². The summed E-state index contributed by atoms with van der Waals surface area (Å²) < 4.78 is 13.5. The molecule has 2 aromatic rings. The summed E-state index contributed by atoms with van der Waals surface area (Å²) in [6, 6.07) is 14.0. The van der Waals surface area contributed by atoms with Gasteiger partial charge in [0, 0.05) is 36.9 Å². The fourth-order valence-electron chi connectivity index (χ4n) is 3.54. The van der Waals surface area contributed by atoms with Crippen molar-refractivity contribution in [1.29, 1.82) is 0 Å². The summed E-state index contributed by atoms with van der Waals surface area (Å²) in [6.07, 6.45) is 1.80. The molecular formula is C21H24FN3O. The molecule has 2 aromatic carbocycles. The topological polar surface area (TPSA) is 58.4 Å². The molecule has 0 radical (unpaired) electrons. The van der Waals surface area contributed by atoms with Crippen LogP contribution in [0.3, 0.4) is 0 Å². The Hall–Kier alpha value is -2.40. The van der Waals surface area contributed by atoms with Gasteiger partial charge >= 0.3 is 0 Å². The molecule has 2 aliphatic rings. The summed E-state index contributed by atoms with van der Waals surface area (Å²) in [5.41, 5.74) is 10.9. The lowest BCUT2D eigenvalue weighted by atomic mass is 10.0. The Morgan fingerprint density at radius 3 is 2.65 bits per heavy atom.